The predicted octanol–water partition coefficient (Wildman–Crippen LogP) is 1.44. The van der Waals surface area contributed by atoms with Gasteiger partial charge in [-0.15, -0.1) is 0 Å². The fraction of sp³-hybridized carbons (Fsp3) is 0.533. The van der Waals surface area contributed by atoms with Crippen LogP contribution in [0, 0.1) is 0 Å². The number of phenolic OH excluding ortho intramolecular Hbond substituents is 1. The Morgan fingerprint density at radius 2 is 1.80 bits per heavy atom. The summed E-state index contributed by atoms with van der Waals surface area (Å²) in [7, 11) is 1.74. The molecular formula is C15H19NO4. The minimum absolute atomic E-state index is 0.00704. The minimum atomic E-state index is -0.00704. The Balaban J connectivity index is 2.21. The molecule has 0 atom stereocenters. The molecule has 0 aliphatic carbocycles. The van der Waals surface area contributed by atoms with Crippen LogP contribution < -0.4 is 14.8 Å². The van der Waals surface area contributed by atoms with Gasteiger partial charge < -0.3 is 19.9 Å². The zero-order chi connectivity index (χ0) is 14.1. The zero-order valence-corrected chi connectivity index (χ0v) is 11.6. The molecule has 0 fully saturated rings. The van der Waals surface area contributed by atoms with Crippen LogP contribution in [0.2, 0.25) is 0 Å². The van der Waals surface area contributed by atoms with Gasteiger partial charge in [-0.05, 0) is 32.7 Å². The number of aromatic hydroxyl groups is 1. The molecule has 108 valence electrons. The number of rotatable bonds is 3. The second-order valence-corrected chi connectivity index (χ2v) is 5.20. The van der Waals surface area contributed by atoms with Crippen molar-refractivity contribution in [2.24, 2.45) is 0 Å². The van der Waals surface area contributed by atoms with Crippen molar-refractivity contribution in [3.8, 4) is 17.2 Å². The summed E-state index contributed by atoms with van der Waals surface area (Å²) < 4.78 is 11.3. The van der Waals surface area contributed by atoms with Crippen LogP contribution in [0.25, 0.3) is 0 Å². The third-order valence-corrected chi connectivity index (χ3v) is 3.83. The highest BCUT2D eigenvalue weighted by Gasteiger charge is 2.31. The predicted molar refractivity (Wildman–Crippen MR) is 74.0 cm³/mol. The van der Waals surface area contributed by atoms with Crippen LogP contribution in [-0.2, 0) is 12.8 Å². The molecule has 0 saturated heterocycles. The number of ether oxygens (including phenoxy) is 2. The molecule has 0 radical (unpaired) electrons. The molecular weight excluding hydrogens is 258 g/mol. The fourth-order valence-electron chi connectivity index (χ4n) is 2.96. The summed E-state index contributed by atoms with van der Waals surface area (Å²) in [6.45, 7) is 1.43. The van der Waals surface area contributed by atoms with E-state index in [1.165, 1.54) is 0 Å². The molecule has 20 heavy (non-hydrogen) atoms. The maximum atomic E-state index is 12.4. The zero-order valence-electron chi connectivity index (χ0n) is 11.6. The van der Waals surface area contributed by atoms with E-state index >= 15 is 0 Å². The van der Waals surface area contributed by atoms with Crippen molar-refractivity contribution in [2.45, 2.75) is 25.7 Å². The first kappa shape index (κ1) is 13.2. The molecule has 5 nitrogen and oxygen atoms in total. The molecule has 0 unspecified atom stereocenters. The summed E-state index contributed by atoms with van der Waals surface area (Å²) in [5.74, 6) is 1.21. The van der Waals surface area contributed by atoms with E-state index in [0.29, 0.717) is 30.3 Å². The van der Waals surface area contributed by atoms with Gasteiger partial charge in [0.05, 0.1) is 25.3 Å². The Morgan fingerprint density at radius 1 is 1.15 bits per heavy atom. The van der Waals surface area contributed by atoms with Crippen molar-refractivity contribution in [1.82, 2.24) is 5.32 Å². The number of hydrogen-bond donors (Lipinski definition) is 2. The third-order valence-electron chi connectivity index (χ3n) is 3.83. The van der Waals surface area contributed by atoms with Crippen molar-refractivity contribution in [1.29, 1.82) is 0 Å². The normalized spacial score (nSPS) is 16.6. The van der Waals surface area contributed by atoms with Crippen molar-refractivity contribution >= 4 is 5.78 Å². The Bertz CT molecular complexity index is 516. The monoisotopic (exact) mass is 277 g/mol. The van der Waals surface area contributed by atoms with E-state index in [1.807, 2.05) is 0 Å². The number of fused-ring (bicyclic) bond motifs is 2. The average molecular weight is 277 g/mol. The smallest absolute Gasteiger partial charge is 0.180 e. The Kier molecular flexibility index (Phi) is 3.53. The van der Waals surface area contributed by atoms with Gasteiger partial charge in [0, 0.05) is 11.1 Å². The first-order chi connectivity index (χ1) is 9.74. The number of benzene rings is 1. The van der Waals surface area contributed by atoms with Gasteiger partial charge >= 0.3 is 0 Å². The van der Waals surface area contributed by atoms with Crippen LogP contribution in [0.1, 0.15) is 34.3 Å². The first-order valence-corrected chi connectivity index (χ1v) is 7.08. The number of phenols is 1. The molecule has 0 saturated carbocycles. The second kappa shape index (κ2) is 5.32. The largest absolute Gasteiger partial charge is 0.504 e. The van der Waals surface area contributed by atoms with Crippen LogP contribution in [-0.4, -0.2) is 37.7 Å². The van der Waals surface area contributed by atoms with Crippen LogP contribution in [0.15, 0.2) is 0 Å². The number of likely N-dealkylation sites (N-methyl/N-ethyl adjacent to an activating group) is 1. The molecule has 3 rings (SSSR count). The molecule has 0 bridgehead atoms. The SMILES string of the molecule is CNCC(=O)c1c2c(c(O)c3c1OCCC3)OCCC2. The van der Waals surface area contributed by atoms with Gasteiger partial charge in [-0.1, -0.05) is 0 Å². The van der Waals surface area contributed by atoms with Crippen LogP contribution in [0.4, 0.5) is 0 Å². The molecule has 2 N–H and O–H groups in total. The van der Waals surface area contributed by atoms with Gasteiger partial charge in [-0.2, -0.15) is 0 Å². The van der Waals surface area contributed by atoms with E-state index < -0.39 is 0 Å². The molecule has 2 heterocycles. The number of ketones is 1. The van der Waals surface area contributed by atoms with Gasteiger partial charge in [0.1, 0.15) is 5.75 Å². The highest BCUT2D eigenvalue weighted by molar-refractivity contribution is 6.03. The quantitative estimate of drug-likeness (QED) is 0.818. The molecule has 1 aromatic rings. The van der Waals surface area contributed by atoms with E-state index in [2.05, 4.69) is 5.32 Å². The lowest BCUT2D eigenvalue weighted by Crippen LogP contribution is -2.24. The molecule has 0 spiro atoms. The Hall–Kier alpha value is -1.75. The highest BCUT2D eigenvalue weighted by Crippen LogP contribution is 2.47. The van der Waals surface area contributed by atoms with Crippen molar-refractivity contribution in [2.75, 3.05) is 26.8 Å². The Morgan fingerprint density at radius 3 is 2.50 bits per heavy atom. The summed E-state index contributed by atoms with van der Waals surface area (Å²) in [4.78, 5) is 12.4. The van der Waals surface area contributed by atoms with E-state index in [9.17, 15) is 9.90 Å². The molecule has 2 aliphatic rings. The lowest BCUT2D eigenvalue weighted by atomic mass is 9.90. The maximum absolute atomic E-state index is 12.4. The van der Waals surface area contributed by atoms with Crippen molar-refractivity contribution in [3.63, 3.8) is 0 Å². The maximum Gasteiger partial charge on any atom is 0.180 e. The summed E-state index contributed by atoms with van der Waals surface area (Å²) in [6, 6.07) is 0. The molecule has 2 aliphatic heterocycles. The number of carbonyl (C=O) groups is 1. The standard InChI is InChI=1S/C15H19NO4/c1-16-8-11(17)12-9-4-2-7-20-15(9)13(18)10-5-3-6-19-14(10)12/h16,18H,2-8H2,1H3. The highest BCUT2D eigenvalue weighted by atomic mass is 16.5. The minimum Gasteiger partial charge on any atom is -0.504 e. The molecule has 0 amide bonds. The van der Waals surface area contributed by atoms with Gasteiger partial charge in [-0.3, -0.25) is 4.79 Å². The van der Waals surface area contributed by atoms with Crippen molar-refractivity contribution in [3.05, 3.63) is 16.7 Å². The summed E-state index contributed by atoms with van der Waals surface area (Å²) in [5, 5.41) is 13.3. The molecule has 1 aromatic carbocycles. The summed E-state index contributed by atoms with van der Waals surface area (Å²) >= 11 is 0. The van der Waals surface area contributed by atoms with Crippen molar-refractivity contribution < 1.29 is 19.4 Å². The van der Waals surface area contributed by atoms with Crippen LogP contribution in [0.5, 0.6) is 17.2 Å². The van der Waals surface area contributed by atoms with Gasteiger partial charge in [0.2, 0.25) is 0 Å². The van der Waals surface area contributed by atoms with Gasteiger partial charge in [0.25, 0.3) is 0 Å². The third kappa shape index (κ3) is 2.02. The average Bonchev–Trinajstić information content (AvgIpc) is 2.48. The topological polar surface area (TPSA) is 67.8 Å². The number of nitrogens with one attached hydrogen (secondary N) is 1. The second-order valence-electron chi connectivity index (χ2n) is 5.20. The van der Waals surface area contributed by atoms with E-state index in [1.54, 1.807) is 7.05 Å². The molecule has 0 aromatic heterocycles. The van der Waals surface area contributed by atoms with E-state index in [0.717, 1.165) is 36.8 Å². The lowest BCUT2D eigenvalue weighted by Gasteiger charge is -2.28. The van der Waals surface area contributed by atoms with Crippen LogP contribution >= 0.6 is 0 Å². The van der Waals surface area contributed by atoms with Gasteiger partial charge in [0.15, 0.2) is 17.3 Å². The lowest BCUT2D eigenvalue weighted by molar-refractivity contribution is 0.0985. The Labute approximate surface area is 117 Å². The molecule has 5 heteroatoms. The number of Topliss-reactive ketones (excluding diaryl/α,β-unsaturated/α-hetero) is 1. The number of carbonyl (C=O) groups excluding carboxylic acids is 1. The van der Waals surface area contributed by atoms with Gasteiger partial charge in [-0.25, -0.2) is 0 Å². The summed E-state index contributed by atoms with van der Waals surface area (Å²) in [5.41, 5.74) is 2.12. The van der Waals surface area contributed by atoms with E-state index in [-0.39, 0.29) is 18.1 Å². The fourth-order valence-corrected chi connectivity index (χ4v) is 2.96. The summed E-state index contributed by atoms with van der Waals surface area (Å²) in [6.07, 6.45) is 3.16. The van der Waals surface area contributed by atoms with E-state index in [4.69, 9.17) is 9.47 Å². The van der Waals surface area contributed by atoms with Crippen LogP contribution in [0.3, 0.4) is 0 Å². The first-order valence-electron chi connectivity index (χ1n) is 7.08. The number of hydrogen-bond acceptors (Lipinski definition) is 5.